The fraction of sp³-hybridized carbons (Fsp3) is 0.500. The standard InChI is InChI=1S/C24H32FNO2/c1-23(2,25)19-24(28-20-27-18-22-11-7-4-8-12-22)13-15-26(16-14-24)17-21-9-5-3-6-10-21/h3-12H,13-20H2,1-2H3. The Balaban J connectivity index is 1.52. The van der Waals surface area contributed by atoms with Crippen molar-refractivity contribution in [3.8, 4) is 0 Å². The van der Waals surface area contributed by atoms with E-state index in [0.717, 1.165) is 38.0 Å². The minimum atomic E-state index is -1.26. The van der Waals surface area contributed by atoms with Gasteiger partial charge in [-0.15, -0.1) is 0 Å². The van der Waals surface area contributed by atoms with Crippen LogP contribution in [0.1, 0.15) is 44.2 Å². The van der Waals surface area contributed by atoms with E-state index >= 15 is 0 Å². The van der Waals surface area contributed by atoms with Crippen LogP contribution in [-0.4, -0.2) is 36.1 Å². The molecule has 0 spiro atoms. The summed E-state index contributed by atoms with van der Waals surface area (Å²) in [5.41, 5.74) is 0.708. The molecule has 28 heavy (non-hydrogen) atoms. The maximum absolute atomic E-state index is 14.5. The van der Waals surface area contributed by atoms with Crippen LogP contribution >= 0.6 is 0 Å². The molecular weight excluding hydrogens is 353 g/mol. The van der Waals surface area contributed by atoms with E-state index in [9.17, 15) is 4.39 Å². The van der Waals surface area contributed by atoms with Crippen LogP contribution in [0.3, 0.4) is 0 Å². The summed E-state index contributed by atoms with van der Waals surface area (Å²) < 4.78 is 26.4. The normalized spacial score (nSPS) is 17.5. The minimum absolute atomic E-state index is 0.198. The molecule has 2 aromatic carbocycles. The Bertz CT molecular complexity index is 686. The zero-order chi connectivity index (χ0) is 19.9. The number of alkyl halides is 1. The van der Waals surface area contributed by atoms with Crippen LogP contribution in [0.15, 0.2) is 60.7 Å². The fourth-order valence-electron chi connectivity index (χ4n) is 4.00. The second-order valence-electron chi connectivity index (χ2n) is 8.44. The average molecular weight is 386 g/mol. The van der Waals surface area contributed by atoms with Gasteiger partial charge in [0.15, 0.2) is 0 Å². The zero-order valence-corrected chi connectivity index (χ0v) is 17.1. The summed E-state index contributed by atoms with van der Waals surface area (Å²) in [6, 6.07) is 20.5. The molecule has 1 aliphatic rings. The molecule has 0 N–H and O–H groups in total. The molecule has 3 rings (SSSR count). The second-order valence-corrected chi connectivity index (χ2v) is 8.44. The molecule has 1 aliphatic heterocycles. The van der Waals surface area contributed by atoms with E-state index in [1.807, 2.05) is 36.4 Å². The van der Waals surface area contributed by atoms with E-state index in [2.05, 4.69) is 29.2 Å². The van der Waals surface area contributed by atoms with Gasteiger partial charge in [-0.25, -0.2) is 4.39 Å². The Morgan fingerprint density at radius 1 is 0.929 bits per heavy atom. The second kappa shape index (κ2) is 9.64. The highest BCUT2D eigenvalue weighted by Gasteiger charge is 2.40. The highest BCUT2D eigenvalue weighted by molar-refractivity contribution is 5.15. The van der Waals surface area contributed by atoms with Gasteiger partial charge in [0.1, 0.15) is 12.5 Å². The van der Waals surface area contributed by atoms with Gasteiger partial charge in [-0.05, 0) is 37.8 Å². The van der Waals surface area contributed by atoms with Crippen molar-refractivity contribution < 1.29 is 13.9 Å². The van der Waals surface area contributed by atoms with Crippen molar-refractivity contribution in [2.24, 2.45) is 0 Å². The molecule has 152 valence electrons. The van der Waals surface area contributed by atoms with Crippen molar-refractivity contribution in [2.75, 3.05) is 19.9 Å². The number of hydrogen-bond donors (Lipinski definition) is 0. The molecule has 0 saturated carbocycles. The first kappa shape index (κ1) is 21.0. The third kappa shape index (κ3) is 6.69. The molecule has 2 aromatic rings. The zero-order valence-electron chi connectivity index (χ0n) is 17.1. The summed E-state index contributed by atoms with van der Waals surface area (Å²) in [6.07, 6.45) is 2.04. The highest BCUT2D eigenvalue weighted by Crippen LogP contribution is 2.36. The summed E-state index contributed by atoms with van der Waals surface area (Å²) in [6.45, 7) is 6.73. The maximum Gasteiger partial charge on any atom is 0.147 e. The Hall–Kier alpha value is -1.75. The fourth-order valence-corrected chi connectivity index (χ4v) is 4.00. The van der Waals surface area contributed by atoms with Crippen LogP contribution < -0.4 is 0 Å². The van der Waals surface area contributed by atoms with E-state index in [-0.39, 0.29) is 6.79 Å². The maximum atomic E-state index is 14.5. The first-order chi connectivity index (χ1) is 13.4. The van der Waals surface area contributed by atoms with Gasteiger partial charge in [0.25, 0.3) is 0 Å². The van der Waals surface area contributed by atoms with E-state index in [1.54, 1.807) is 13.8 Å². The number of likely N-dealkylation sites (tertiary alicyclic amines) is 1. The van der Waals surface area contributed by atoms with Gasteiger partial charge >= 0.3 is 0 Å². The Morgan fingerprint density at radius 2 is 1.50 bits per heavy atom. The first-order valence-corrected chi connectivity index (χ1v) is 10.2. The number of hydrogen-bond acceptors (Lipinski definition) is 3. The molecule has 3 nitrogen and oxygen atoms in total. The summed E-state index contributed by atoms with van der Waals surface area (Å²) >= 11 is 0. The molecule has 0 bridgehead atoms. The number of rotatable bonds is 9. The highest BCUT2D eigenvalue weighted by atomic mass is 19.1. The SMILES string of the molecule is CC(C)(F)CC1(OCOCc2ccccc2)CCN(Cc2ccccc2)CC1. The predicted octanol–water partition coefficient (Wildman–Crippen LogP) is 5.35. The Labute approximate surface area is 168 Å². The van der Waals surface area contributed by atoms with Gasteiger partial charge in [-0.1, -0.05) is 60.7 Å². The van der Waals surface area contributed by atoms with Crippen LogP contribution in [0.4, 0.5) is 4.39 Å². The summed E-state index contributed by atoms with van der Waals surface area (Å²) in [4.78, 5) is 2.42. The van der Waals surface area contributed by atoms with Crippen LogP contribution in [0, 0.1) is 0 Å². The van der Waals surface area contributed by atoms with Crippen LogP contribution in [0.25, 0.3) is 0 Å². The first-order valence-electron chi connectivity index (χ1n) is 10.2. The molecule has 0 amide bonds. The van der Waals surface area contributed by atoms with Crippen LogP contribution in [0.5, 0.6) is 0 Å². The summed E-state index contributed by atoms with van der Waals surface area (Å²) in [5.74, 6) is 0. The van der Waals surface area contributed by atoms with Gasteiger partial charge in [-0.2, -0.15) is 0 Å². The predicted molar refractivity (Wildman–Crippen MR) is 111 cm³/mol. The third-order valence-electron chi connectivity index (χ3n) is 5.32. The Kier molecular flexibility index (Phi) is 7.22. The lowest BCUT2D eigenvalue weighted by molar-refractivity contribution is -0.179. The molecule has 0 aliphatic carbocycles. The number of nitrogens with zero attached hydrogens (tertiary/aromatic N) is 1. The number of benzene rings is 2. The van der Waals surface area contributed by atoms with Crippen molar-refractivity contribution >= 4 is 0 Å². The van der Waals surface area contributed by atoms with Gasteiger partial charge in [0.05, 0.1) is 12.2 Å². The van der Waals surface area contributed by atoms with Crippen molar-refractivity contribution in [1.29, 1.82) is 0 Å². The molecule has 1 fully saturated rings. The molecule has 0 aromatic heterocycles. The molecule has 0 atom stereocenters. The van der Waals surface area contributed by atoms with E-state index in [4.69, 9.17) is 9.47 Å². The van der Waals surface area contributed by atoms with Gasteiger partial charge < -0.3 is 9.47 Å². The van der Waals surface area contributed by atoms with E-state index in [0.29, 0.717) is 13.0 Å². The molecule has 0 radical (unpaired) electrons. The van der Waals surface area contributed by atoms with Crippen molar-refractivity contribution in [2.45, 2.75) is 57.5 Å². The van der Waals surface area contributed by atoms with E-state index in [1.165, 1.54) is 5.56 Å². The molecular formula is C24H32FNO2. The topological polar surface area (TPSA) is 21.7 Å². The summed E-state index contributed by atoms with van der Waals surface area (Å²) in [5, 5.41) is 0. The van der Waals surface area contributed by atoms with E-state index < -0.39 is 11.3 Å². The lowest BCUT2D eigenvalue weighted by Crippen LogP contribution is -2.48. The average Bonchev–Trinajstić information content (AvgIpc) is 2.68. The van der Waals surface area contributed by atoms with Crippen molar-refractivity contribution in [1.82, 2.24) is 4.90 Å². The van der Waals surface area contributed by atoms with Gasteiger partial charge in [0.2, 0.25) is 0 Å². The largest absolute Gasteiger partial charge is 0.351 e. The minimum Gasteiger partial charge on any atom is -0.351 e. The third-order valence-corrected chi connectivity index (χ3v) is 5.32. The molecule has 1 heterocycles. The van der Waals surface area contributed by atoms with Gasteiger partial charge in [-0.3, -0.25) is 4.90 Å². The monoisotopic (exact) mass is 385 g/mol. The Morgan fingerprint density at radius 3 is 2.07 bits per heavy atom. The van der Waals surface area contributed by atoms with Crippen molar-refractivity contribution in [3.05, 3.63) is 71.8 Å². The molecule has 0 unspecified atom stereocenters. The van der Waals surface area contributed by atoms with Crippen molar-refractivity contribution in [3.63, 3.8) is 0 Å². The molecule has 4 heteroatoms. The number of ether oxygens (including phenoxy) is 2. The number of halogens is 1. The smallest absolute Gasteiger partial charge is 0.147 e. The summed E-state index contributed by atoms with van der Waals surface area (Å²) in [7, 11) is 0. The number of piperidine rings is 1. The van der Waals surface area contributed by atoms with Crippen LogP contribution in [0.2, 0.25) is 0 Å². The quantitative estimate of drug-likeness (QED) is 0.429. The van der Waals surface area contributed by atoms with Gasteiger partial charge in [0, 0.05) is 26.1 Å². The van der Waals surface area contributed by atoms with Crippen LogP contribution in [-0.2, 0) is 22.6 Å². The lowest BCUT2D eigenvalue weighted by Gasteiger charge is -2.43. The lowest BCUT2D eigenvalue weighted by atomic mass is 9.82. The molecule has 1 saturated heterocycles.